The number of aliphatic imine (C=N–C) groups is 1. The van der Waals surface area contributed by atoms with Crippen molar-refractivity contribution >= 4 is 29.9 Å². The highest BCUT2D eigenvalue weighted by Gasteiger charge is 2.26. The molecule has 0 heterocycles. The highest BCUT2D eigenvalue weighted by molar-refractivity contribution is 14.0. The molecule has 0 unspecified atom stereocenters. The second-order valence-corrected chi connectivity index (χ2v) is 3.95. The molecule has 3 nitrogen and oxygen atoms in total. The maximum atomic E-state index is 11.9. The first-order valence-corrected chi connectivity index (χ1v) is 5.60. The lowest BCUT2D eigenvalue weighted by atomic mass is 10.4. The van der Waals surface area contributed by atoms with Gasteiger partial charge in [0.05, 0.1) is 6.42 Å². The molecule has 0 aliphatic heterocycles. The second kappa shape index (κ2) is 7.99. The van der Waals surface area contributed by atoms with Crippen LogP contribution in [0, 0.1) is 5.92 Å². The third-order valence-corrected chi connectivity index (χ3v) is 2.25. The molecule has 1 aliphatic carbocycles. The molecule has 0 amide bonds. The van der Waals surface area contributed by atoms with Crippen LogP contribution in [0.15, 0.2) is 4.99 Å². The van der Waals surface area contributed by atoms with E-state index in [2.05, 4.69) is 15.6 Å². The van der Waals surface area contributed by atoms with E-state index in [1.807, 2.05) is 6.92 Å². The predicted octanol–water partition coefficient (Wildman–Crippen LogP) is 2.52. The first-order valence-electron chi connectivity index (χ1n) is 5.60. The molecule has 1 rings (SSSR count). The van der Waals surface area contributed by atoms with Crippen molar-refractivity contribution in [3.8, 4) is 0 Å². The fourth-order valence-corrected chi connectivity index (χ4v) is 1.19. The van der Waals surface area contributed by atoms with Gasteiger partial charge in [-0.2, -0.15) is 13.2 Å². The molecule has 0 bridgehead atoms. The van der Waals surface area contributed by atoms with Gasteiger partial charge < -0.3 is 10.6 Å². The average molecular weight is 365 g/mol. The van der Waals surface area contributed by atoms with Gasteiger partial charge in [-0.15, -0.1) is 24.0 Å². The van der Waals surface area contributed by atoms with E-state index >= 15 is 0 Å². The maximum Gasteiger partial charge on any atom is 0.390 e. The molecule has 0 aromatic rings. The van der Waals surface area contributed by atoms with Crippen molar-refractivity contribution in [1.29, 1.82) is 0 Å². The monoisotopic (exact) mass is 365 g/mol. The van der Waals surface area contributed by atoms with Gasteiger partial charge in [0.1, 0.15) is 0 Å². The lowest BCUT2D eigenvalue weighted by Gasteiger charge is -2.12. The van der Waals surface area contributed by atoms with Crippen LogP contribution >= 0.6 is 24.0 Å². The predicted molar refractivity (Wildman–Crippen MR) is 72.8 cm³/mol. The largest absolute Gasteiger partial charge is 0.390 e. The molecule has 1 aliphatic rings. The Kier molecular flexibility index (Phi) is 7.89. The zero-order valence-electron chi connectivity index (χ0n) is 9.81. The number of hydrogen-bond donors (Lipinski definition) is 2. The summed E-state index contributed by atoms with van der Waals surface area (Å²) in [7, 11) is 0. The maximum absolute atomic E-state index is 11.9. The molecule has 0 atom stereocenters. The summed E-state index contributed by atoms with van der Waals surface area (Å²) in [6, 6.07) is 0. The van der Waals surface area contributed by atoms with Crippen LogP contribution in [-0.4, -0.2) is 31.8 Å². The molecule has 1 fully saturated rings. The van der Waals surface area contributed by atoms with Crippen LogP contribution in [0.1, 0.15) is 26.2 Å². The van der Waals surface area contributed by atoms with Crippen molar-refractivity contribution in [3.63, 3.8) is 0 Å². The van der Waals surface area contributed by atoms with Crippen LogP contribution in [0.4, 0.5) is 13.2 Å². The van der Waals surface area contributed by atoms with Crippen LogP contribution in [0.2, 0.25) is 0 Å². The van der Waals surface area contributed by atoms with Gasteiger partial charge in [-0.25, -0.2) is 0 Å². The van der Waals surface area contributed by atoms with Gasteiger partial charge in [-0.05, 0) is 25.7 Å². The average Bonchev–Trinajstić information content (AvgIpc) is 2.95. The Bertz CT molecular complexity index is 239. The zero-order chi connectivity index (χ0) is 12.0. The summed E-state index contributed by atoms with van der Waals surface area (Å²) in [4.78, 5) is 4.22. The standard InChI is InChI=1S/C10H18F3N3.HI/c1-2-14-9(16-7-8-3-4-8)15-6-5-10(11,12)13;/h8H,2-7H2,1H3,(H2,14,15,16);1H. The minimum atomic E-state index is -4.11. The Balaban J connectivity index is 0.00000256. The van der Waals surface area contributed by atoms with Gasteiger partial charge in [0.15, 0.2) is 5.96 Å². The van der Waals surface area contributed by atoms with Crippen molar-refractivity contribution in [2.24, 2.45) is 10.9 Å². The third-order valence-electron chi connectivity index (χ3n) is 2.25. The molecule has 0 radical (unpaired) electrons. The van der Waals surface area contributed by atoms with Crippen molar-refractivity contribution < 1.29 is 13.2 Å². The van der Waals surface area contributed by atoms with Gasteiger partial charge >= 0.3 is 6.18 Å². The summed E-state index contributed by atoms with van der Waals surface area (Å²) in [5, 5.41) is 5.60. The van der Waals surface area contributed by atoms with Crippen molar-refractivity contribution in [3.05, 3.63) is 0 Å². The van der Waals surface area contributed by atoms with E-state index in [0.29, 0.717) is 25.0 Å². The molecule has 0 spiro atoms. The van der Waals surface area contributed by atoms with Crippen molar-refractivity contribution in [1.82, 2.24) is 10.6 Å². The lowest BCUT2D eigenvalue weighted by Crippen LogP contribution is -2.39. The summed E-state index contributed by atoms with van der Waals surface area (Å²) in [6.45, 7) is 3.13. The fourth-order valence-electron chi connectivity index (χ4n) is 1.19. The smallest absolute Gasteiger partial charge is 0.357 e. The summed E-state index contributed by atoms with van der Waals surface area (Å²) >= 11 is 0. The number of rotatable bonds is 5. The van der Waals surface area contributed by atoms with E-state index < -0.39 is 12.6 Å². The van der Waals surface area contributed by atoms with Gasteiger partial charge in [0, 0.05) is 19.6 Å². The van der Waals surface area contributed by atoms with E-state index in [4.69, 9.17) is 0 Å². The molecule has 2 N–H and O–H groups in total. The van der Waals surface area contributed by atoms with E-state index in [1.54, 1.807) is 0 Å². The number of guanidine groups is 1. The normalized spacial score (nSPS) is 16.4. The van der Waals surface area contributed by atoms with E-state index in [0.717, 1.165) is 0 Å². The van der Waals surface area contributed by atoms with E-state index in [1.165, 1.54) is 12.8 Å². The van der Waals surface area contributed by atoms with Gasteiger partial charge in [0.25, 0.3) is 0 Å². The number of halogens is 4. The van der Waals surface area contributed by atoms with Gasteiger partial charge in [-0.1, -0.05) is 0 Å². The zero-order valence-corrected chi connectivity index (χ0v) is 12.1. The minimum Gasteiger partial charge on any atom is -0.357 e. The Hall–Kier alpha value is -0.210. The summed E-state index contributed by atoms with van der Waals surface area (Å²) < 4.78 is 35.7. The van der Waals surface area contributed by atoms with Gasteiger partial charge in [0.2, 0.25) is 0 Å². The Labute approximate surface area is 117 Å². The van der Waals surface area contributed by atoms with Crippen molar-refractivity contribution in [2.45, 2.75) is 32.4 Å². The first-order chi connectivity index (χ1) is 7.51. The first kappa shape index (κ1) is 16.8. The number of hydrogen-bond acceptors (Lipinski definition) is 1. The number of alkyl halides is 3. The molecule has 0 aromatic heterocycles. The third kappa shape index (κ3) is 9.49. The van der Waals surface area contributed by atoms with E-state index in [-0.39, 0.29) is 30.5 Å². The topological polar surface area (TPSA) is 36.4 Å². The second-order valence-electron chi connectivity index (χ2n) is 3.95. The van der Waals surface area contributed by atoms with Crippen LogP contribution in [-0.2, 0) is 0 Å². The molecule has 1 saturated carbocycles. The Morgan fingerprint density at radius 2 is 1.94 bits per heavy atom. The minimum absolute atomic E-state index is 0. The Morgan fingerprint density at radius 3 is 2.41 bits per heavy atom. The van der Waals surface area contributed by atoms with Crippen LogP contribution in [0.25, 0.3) is 0 Å². The quantitative estimate of drug-likeness (QED) is 0.446. The molecule has 7 heteroatoms. The van der Waals surface area contributed by atoms with Crippen LogP contribution in [0.5, 0.6) is 0 Å². The van der Waals surface area contributed by atoms with E-state index in [9.17, 15) is 13.2 Å². The lowest BCUT2D eigenvalue weighted by molar-refractivity contribution is -0.132. The summed E-state index contributed by atoms with van der Waals surface area (Å²) in [6.07, 6.45) is -2.57. The SMILES string of the molecule is CCNC(=NCC1CC1)NCCC(F)(F)F.I. The summed E-state index contributed by atoms with van der Waals surface area (Å²) in [5.41, 5.74) is 0. The molecule has 17 heavy (non-hydrogen) atoms. The van der Waals surface area contributed by atoms with Crippen LogP contribution in [0.3, 0.4) is 0 Å². The number of nitrogens with zero attached hydrogens (tertiary/aromatic N) is 1. The van der Waals surface area contributed by atoms with Crippen molar-refractivity contribution in [2.75, 3.05) is 19.6 Å². The number of nitrogens with one attached hydrogen (secondary N) is 2. The fraction of sp³-hybridized carbons (Fsp3) is 0.900. The molecule has 0 saturated heterocycles. The molecule has 102 valence electrons. The summed E-state index contributed by atoms with van der Waals surface area (Å²) in [5.74, 6) is 1.12. The van der Waals surface area contributed by atoms with Gasteiger partial charge in [-0.3, -0.25) is 4.99 Å². The Morgan fingerprint density at radius 1 is 1.29 bits per heavy atom. The molecular formula is C10H19F3IN3. The highest BCUT2D eigenvalue weighted by atomic mass is 127. The highest BCUT2D eigenvalue weighted by Crippen LogP contribution is 2.28. The molecular weight excluding hydrogens is 346 g/mol. The molecule has 0 aromatic carbocycles. The van der Waals surface area contributed by atoms with Crippen LogP contribution < -0.4 is 10.6 Å².